The third-order valence-electron chi connectivity index (χ3n) is 4.16. The van der Waals surface area contributed by atoms with Crippen LogP contribution >= 0.6 is 11.8 Å². The molecule has 0 saturated carbocycles. The Labute approximate surface area is 167 Å². The number of carbonyl (C=O) groups excluding carboxylic acids is 2. The maximum absolute atomic E-state index is 12.0. The van der Waals surface area contributed by atoms with Crippen molar-refractivity contribution >= 4 is 23.6 Å². The van der Waals surface area contributed by atoms with Gasteiger partial charge in [-0.25, -0.2) is 0 Å². The van der Waals surface area contributed by atoms with Crippen LogP contribution in [-0.4, -0.2) is 32.3 Å². The van der Waals surface area contributed by atoms with E-state index in [1.165, 1.54) is 5.56 Å². The molecule has 3 rings (SSSR count). The van der Waals surface area contributed by atoms with Crippen molar-refractivity contribution in [2.24, 2.45) is 7.05 Å². The van der Waals surface area contributed by atoms with Gasteiger partial charge in [0, 0.05) is 18.8 Å². The van der Waals surface area contributed by atoms with Crippen LogP contribution in [0.25, 0.3) is 11.5 Å². The first-order valence-electron chi connectivity index (χ1n) is 8.77. The first-order valence-corrected chi connectivity index (χ1v) is 9.75. The van der Waals surface area contributed by atoms with Crippen LogP contribution < -0.4 is 5.32 Å². The molecule has 7 nitrogen and oxygen atoms in total. The zero-order chi connectivity index (χ0) is 20.3. The highest BCUT2D eigenvalue weighted by atomic mass is 32.2. The molecular weight excluding hydrogens is 376 g/mol. The van der Waals surface area contributed by atoms with E-state index < -0.39 is 11.8 Å². The van der Waals surface area contributed by atoms with Gasteiger partial charge in [0.05, 0.1) is 5.75 Å². The molecule has 1 N–H and O–H groups in total. The molecule has 0 atom stereocenters. The van der Waals surface area contributed by atoms with Crippen LogP contribution in [-0.2, 0) is 17.3 Å². The Balaban J connectivity index is 1.57. The quantitative estimate of drug-likeness (QED) is 0.663. The van der Waals surface area contributed by atoms with Gasteiger partial charge in [0.15, 0.2) is 0 Å². The van der Waals surface area contributed by atoms with Gasteiger partial charge in [-0.3, -0.25) is 14.9 Å². The van der Waals surface area contributed by atoms with Crippen molar-refractivity contribution in [3.8, 4) is 11.5 Å². The van der Waals surface area contributed by atoms with Crippen LogP contribution in [0.3, 0.4) is 0 Å². The number of aromatic nitrogens is 3. The Morgan fingerprint density at radius 2 is 1.86 bits per heavy atom. The van der Waals surface area contributed by atoms with Gasteiger partial charge < -0.3 is 8.98 Å². The fourth-order valence-electron chi connectivity index (χ4n) is 2.55. The number of rotatable bonds is 5. The topological polar surface area (TPSA) is 90.0 Å². The fourth-order valence-corrected chi connectivity index (χ4v) is 3.11. The average Bonchev–Trinajstić information content (AvgIpc) is 3.28. The van der Waals surface area contributed by atoms with Crippen molar-refractivity contribution in [1.82, 2.24) is 20.1 Å². The van der Waals surface area contributed by atoms with Crippen LogP contribution in [0.15, 0.2) is 52.2 Å². The molecule has 2 aromatic heterocycles. The van der Waals surface area contributed by atoms with Crippen molar-refractivity contribution in [1.29, 1.82) is 0 Å². The Morgan fingerprint density at radius 1 is 1.14 bits per heavy atom. The molecule has 0 aliphatic heterocycles. The predicted octanol–water partition coefficient (Wildman–Crippen LogP) is 3.42. The summed E-state index contributed by atoms with van der Waals surface area (Å²) in [5.74, 6) is -0.474. The summed E-state index contributed by atoms with van der Waals surface area (Å²) in [6.07, 6.45) is 1.74. The number of nitrogens with zero attached hydrogens (tertiary/aromatic N) is 3. The van der Waals surface area contributed by atoms with Gasteiger partial charge >= 0.3 is 0 Å². The van der Waals surface area contributed by atoms with E-state index >= 15 is 0 Å². The van der Waals surface area contributed by atoms with E-state index in [2.05, 4.69) is 36.3 Å². The highest BCUT2D eigenvalue weighted by Crippen LogP contribution is 2.27. The maximum Gasteiger partial charge on any atom is 0.277 e. The second-order valence-corrected chi connectivity index (χ2v) is 8.30. The Morgan fingerprint density at radius 3 is 2.46 bits per heavy atom. The smallest absolute Gasteiger partial charge is 0.277 e. The molecule has 0 aliphatic rings. The van der Waals surface area contributed by atoms with E-state index in [9.17, 15) is 9.59 Å². The molecule has 0 saturated heterocycles. The molecule has 0 spiro atoms. The summed E-state index contributed by atoms with van der Waals surface area (Å²) in [5.41, 5.74) is 2.51. The molecule has 146 valence electrons. The number of aryl methyl sites for hydroxylation is 1. The Bertz CT molecular complexity index is 984. The summed E-state index contributed by atoms with van der Waals surface area (Å²) in [6.45, 7) is 6.45. The monoisotopic (exact) mass is 398 g/mol. The molecule has 3 aromatic rings. The van der Waals surface area contributed by atoms with Gasteiger partial charge in [-0.1, -0.05) is 44.7 Å². The summed E-state index contributed by atoms with van der Waals surface area (Å²) in [5, 5.41) is 10.6. The van der Waals surface area contributed by atoms with Crippen molar-refractivity contribution in [3.63, 3.8) is 0 Å². The van der Waals surface area contributed by atoms with Crippen LogP contribution in [0.5, 0.6) is 0 Å². The number of amides is 2. The van der Waals surface area contributed by atoms with Gasteiger partial charge in [-0.15, -0.1) is 10.2 Å². The number of imide groups is 1. The molecule has 0 radical (unpaired) electrons. The number of carbonyl (C=O) groups is 2. The summed E-state index contributed by atoms with van der Waals surface area (Å²) >= 11 is 1.08. The zero-order valence-electron chi connectivity index (χ0n) is 16.2. The highest BCUT2D eigenvalue weighted by molar-refractivity contribution is 7.99. The minimum absolute atomic E-state index is 0.000752. The number of benzene rings is 1. The first-order chi connectivity index (χ1) is 13.2. The summed E-state index contributed by atoms with van der Waals surface area (Å²) in [7, 11) is 1.74. The zero-order valence-corrected chi connectivity index (χ0v) is 17.0. The summed E-state index contributed by atoms with van der Waals surface area (Å²) in [4.78, 5) is 24.0. The van der Waals surface area contributed by atoms with Crippen LogP contribution in [0.1, 0.15) is 36.8 Å². The van der Waals surface area contributed by atoms with E-state index in [1.807, 2.05) is 24.3 Å². The van der Waals surface area contributed by atoms with E-state index in [-0.39, 0.29) is 16.4 Å². The molecule has 1 aromatic carbocycles. The number of hydrogen-bond donors (Lipinski definition) is 1. The average molecular weight is 398 g/mol. The van der Waals surface area contributed by atoms with Gasteiger partial charge in [0.1, 0.15) is 5.69 Å². The first kappa shape index (κ1) is 19.9. The highest BCUT2D eigenvalue weighted by Gasteiger charge is 2.17. The minimum Gasteiger partial charge on any atom is -0.411 e. The van der Waals surface area contributed by atoms with Gasteiger partial charge in [-0.05, 0) is 35.2 Å². The van der Waals surface area contributed by atoms with Crippen LogP contribution in [0, 0.1) is 0 Å². The lowest BCUT2D eigenvalue weighted by Crippen LogP contribution is -2.32. The summed E-state index contributed by atoms with van der Waals surface area (Å²) in [6, 6.07) is 11.3. The molecule has 2 heterocycles. The van der Waals surface area contributed by atoms with Crippen molar-refractivity contribution in [2.75, 3.05) is 5.75 Å². The standard InChI is InChI=1S/C20H22N4O3S/c1-20(2,3)14-9-7-13(8-10-14)18-22-23-19(27-18)28-12-16(25)21-17(26)15-6-5-11-24(15)4/h5-11H,12H2,1-4H3,(H,21,25,26). The SMILES string of the molecule is Cn1cccc1C(=O)NC(=O)CSc1nnc(-c2ccc(C(C)(C)C)cc2)o1. The van der Waals surface area contributed by atoms with Crippen LogP contribution in [0.4, 0.5) is 0 Å². The molecule has 0 unspecified atom stereocenters. The van der Waals surface area contributed by atoms with Crippen molar-refractivity contribution < 1.29 is 14.0 Å². The predicted molar refractivity (Wildman–Crippen MR) is 107 cm³/mol. The third-order valence-corrected chi connectivity index (χ3v) is 4.98. The normalized spacial score (nSPS) is 11.4. The van der Waals surface area contributed by atoms with E-state index in [0.29, 0.717) is 11.6 Å². The second-order valence-electron chi connectivity index (χ2n) is 7.37. The molecule has 2 amide bonds. The van der Waals surface area contributed by atoms with E-state index in [1.54, 1.807) is 29.9 Å². The minimum atomic E-state index is -0.441. The Hall–Kier alpha value is -2.87. The number of nitrogens with one attached hydrogen (secondary N) is 1. The molecule has 0 aliphatic carbocycles. The van der Waals surface area contributed by atoms with E-state index in [0.717, 1.165) is 17.3 Å². The Kier molecular flexibility index (Phi) is 5.69. The molecular formula is C20H22N4O3S. The van der Waals surface area contributed by atoms with Gasteiger partial charge in [0.25, 0.3) is 11.1 Å². The fraction of sp³-hybridized carbons (Fsp3) is 0.300. The molecule has 28 heavy (non-hydrogen) atoms. The van der Waals surface area contributed by atoms with Crippen molar-refractivity contribution in [2.45, 2.75) is 31.4 Å². The lowest BCUT2D eigenvalue weighted by atomic mass is 9.87. The molecule has 0 fully saturated rings. The summed E-state index contributed by atoms with van der Waals surface area (Å²) < 4.78 is 7.26. The van der Waals surface area contributed by atoms with Gasteiger partial charge in [-0.2, -0.15) is 0 Å². The maximum atomic E-state index is 12.0. The largest absolute Gasteiger partial charge is 0.411 e. The molecule has 0 bridgehead atoms. The van der Waals surface area contributed by atoms with Crippen LogP contribution in [0.2, 0.25) is 0 Å². The number of hydrogen-bond acceptors (Lipinski definition) is 6. The van der Waals surface area contributed by atoms with E-state index in [4.69, 9.17) is 4.42 Å². The second kappa shape index (κ2) is 8.02. The number of thioether (sulfide) groups is 1. The lowest BCUT2D eigenvalue weighted by Gasteiger charge is -2.18. The molecule has 8 heteroatoms. The lowest BCUT2D eigenvalue weighted by molar-refractivity contribution is -0.117. The van der Waals surface area contributed by atoms with Crippen molar-refractivity contribution in [3.05, 3.63) is 53.9 Å². The van der Waals surface area contributed by atoms with Gasteiger partial charge in [0.2, 0.25) is 11.8 Å². The third kappa shape index (κ3) is 4.69.